The zero-order valence-electron chi connectivity index (χ0n) is 7.82. The van der Waals surface area contributed by atoms with E-state index in [9.17, 15) is 5.11 Å². The van der Waals surface area contributed by atoms with Crippen molar-refractivity contribution in [2.75, 3.05) is 5.75 Å². The van der Waals surface area contributed by atoms with Crippen molar-refractivity contribution in [3.05, 3.63) is 17.3 Å². The predicted molar refractivity (Wildman–Crippen MR) is 53.8 cm³/mol. The summed E-state index contributed by atoms with van der Waals surface area (Å²) in [4.78, 5) is 0. The van der Waals surface area contributed by atoms with E-state index >= 15 is 0 Å². The fourth-order valence-corrected chi connectivity index (χ4v) is 3.02. The molecule has 1 aliphatic heterocycles. The first kappa shape index (κ1) is 9.12. The third kappa shape index (κ3) is 1.29. The topological polar surface area (TPSA) is 51.2 Å². The minimum absolute atomic E-state index is 0.126. The Morgan fingerprint density at radius 1 is 1.69 bits per heavy atom. The maximum atomic E-state index is 9.87. The molecule has 0 aromatic carbocycles. The first-order valence-electron chi connectivity index (χ1n) is 4.33. The minimum Gasteiger partial charge on any atom is -0.387 e. The molecule has 1 aromatic rings. The van der Waals surface area contributed by atoms with Gasteiger partial charge in [0.25, 0.3) is 0 Å². The average Bonchev–Trinajstić information content (AvgIpc) is 2.35. The second-order valence-corrected chi connectivity index (χ2v) is 4.57. The Labute approximate surface area is 81.9 Å². The van der Waals surface area contributed by atoms with Crippen LogP contribution in [-0.2, 0) is 7.05 Å². The van der Waals surface area contributed by atoms with Gasteiger partial charge in [-0.3, -0.25) is 0 Å². The number of hydrogen-bond donors (Lipinski definition) is 2. The lowest BCUT2D eigenvalue weighted by molar-refractivity contribution is 0.149. The molecule has 13 heavy (non-hydrogen) atoms. The summed E-state index contributed by atoms with van der Waals surface area (Å²) >= 11 is 1.73. The molecule has 1 aliphatic rings. The van der Waals surface area contributed by atoms with Gasteiger partial charge < -0.3 is 15.4 Å². The van der Waals surface area contributed by atoms with Crippen molar-refractivity contribution in [3.63, 3.8) is 0 Å². The van der Waals surface area contributed by atoms with Crippen molar-refractivity contribution < 1.29 is 5.11 Å². The average molecular weight is 198 g/mol. The van der Waals surface area contributed by atoms with Gasteiger partial charge in [-0.2, -0.15) is 0 Å². The first-order valence-corrected chi connectivity index (χ1v) is 5.32. The standard InChI is InChI=1S/C9H14N2OS/c1-5-3-11(2)9-7(5)8(12)6(10)4-13-9/h3,6,8,12H,4,10H2,1-2H3. The molecule has 1 aromatic heterocycles. The molecule has 0 amide bonds. The van der Waals surface area contributed by atoms with E-state index in [1.807, 2.05) is 20.2 Å². The molecule has 0 radical (unpaired) electrons. The van der Waals surface area contributed by atoms with E-state index in [0.29, 0.717) is 0 Å². The van der Waals surface area contributed by atoms with Crippen molar-refractivity contribution >= 4 is 11.8 Å². The van der Waals surface area contributed by atoms with E-state index in [1.54, 1.807) is 11.8 Å². The highest BCUT2D eigenvalue weighted by atomic mass is 32.2. The summed E-state index contributed by atoms with van der Waals surface area (Å²) in [6.45, 7) is 2.01. The number of rotatable bonds is 0. The Morgan fingerprint density at radius 3 is 3.08 bits per heavy atom. The van der Waals surface area contributed by atoms with E-state index in [1.165, 1.54) is 0 Å². The Kier molecular flexibility index (Phi) is 2.14. The van der Waals surface area contributed by atoms with Gasteiger partial charge in [-0.25, -0.2) is 0 Å². The Morgan fingerprint density at radius 2 is 2.38 bits per heavy atom. The quantitative estimate of drug-likeness (QED) is 0.648. The minimum atomic E-state index is -0.488. The van der Waals surface area contributed by atoms with Crippen molar-refractivity contribution in [3.8, 4) is 0 Å². The zero-order valence-corrected chi connectivity index (χ0v) is 8.64. The van der Waals surface area contributed by atoms with Crippen LogP contribution in [0.1, 0.15) is 17.2 Å². The van der Waals surface area contributed by atoms with Crippen molar-refractivity contribution in [1.29, 1.82) is 0 Å². The number of aromatic nitrogens is 1. The van der Waals surface area contributed by atoms with Crippen LogP contribution in [0.4, 0.5) is 0 Å². The van der Waals surface area contributed by atoms with E-state index in [2.05, 4.69) is 4.57 Å². The molecule has 2 rings (SSSR count). The van der Waals surface area contributed by atoms with E-state index in [-0.39, 0.29) is 6.04 Å². The third-order valence-electron chi connectivity index (χ3n) is 2.48. The maximum absolute atomic E-state index is 9.87. The zero-order chi connectivity index (χ0) is 9.59. The van der Waals surface area contributed by atoms with Crippen LogP contribution in [-0.4, -0.2) is 21.5 Å². The molecular weight excluding hydrogens is 184 g/mol. The van der Waals surface area contributed by atoms with Crippen molar-refractivity contribution in [1.82, 2.24) is 4.57 Å². The number of fused-ring (bicyclic) bond motifs is 1. The summed E-state index contributed by atoms with van der Waals surface area (Å²) in [5, 5.41) is 11.0. The Balaban J connectivity index is 2.52. The highest BCUT2D eigenvalue weighted by Gasteiger charge is 2.29. The number of aliphatic hydroxyl groups excluding tert-OH is 1. The highest BCUT2D eigenvalue weighted by Crippen LogP contribution is 2.38. The summed E-state index contributed by atoms with van der Waals surface area (Å²) in [5.41, 5.74) is 7.94. The molecule has 2 atom stereocenters. The lowest BCUT2D eigenvalue weighted by atomic mass is 10.0. The molecule has 2 heterocycles. The van der Waals surface area contributed by atoms with Crippen LogP contribution in [0.3, 0.4) is 0 Å². The largest absolute Gasteiger partial charge is 0.387 e. The molecule has 72 valence electrons. The molecule has 0 saturated carbocycles. The second kappa shape index (κ2) is 3.04. The predicted octanol–water partition coefficient (Wildman–Crippen LogP) is 0.800. The van der Waals surface area contributed by atoms with Gasteiger partial charge in [-0.1, -0.05) is 0 Å². The second-order valence-electron chi connectivity index (χ2n) is 3.56. The molecule has 3 N–H and O–H groups in total. The van der Waals surface area contributed by atoms with Gasteiger partial charge >= 0.3 is 0 Å². The number of nitrogens with two attached hydrogens (primary N) is 1. The van der Waals surface area contributed by atoms with Gasteiger partial charge in [0, 0.05) is 30.6 Å². The van der Waals surface area contributed by atoms with Gasteiger partial charge in [0.2, 0.25) is 0 Å². The van der Waals surface area contributed by atoms with Gasteiger partial charge in [-0.15, -0.1) is 11.8 Å². The van der Waals surface area contributed by atoms with Crippen LogP contribution in [0, 0.1) is 6.92 Å². The fourth-order valence-electron chi connectivity index (χ4n) is 1.80. The van der Waals surface area contributed by atoms with Gasteiger partial charge in [0.05, 0.1) is 11.1 Å². The summed E-state index contributed by atoms with van der Waals surface area (Å²) in [6.07, 6.45) is 1.55. The summed E-state index contributed by atoms with van der Waals surface area (Å²) in [5.74, 6) is 0.797. The smallest absolute Gasteiger partial charge is 0.0977 e. The molecule has 0 fully saturated rings. The summed E-state index contributed by atoms with van der Waals surface area (Å²) < 4.78 is 2.06. The van der Waals surface area contributed by atoms with Crippen LogP contribution in [0.2, 0.25) is 0 Å². The lowest BCUT2D eigenvalue weighted by Crippen LogP contribution is -2.33. The maximum Gasteiger partial charge on any atom is 0.0977 e. The van der Waals surface area contributed by atoms with Gasteiger partial charge in [-0.05, 0) is 12.5 Å². The number of nitrogens with zero attached hydrogens (tertiary/aromatic N) is 1. The third-order valence-corrected chi connectivity index (χ3v) is 3.81. The Hall–Kier alpha value is -0.450. The van der Waals surface area contributed by atoms with E-state index in [0.717, 1.165) is 21.9 Å². The SMILES string of the molecule is Cc1cn(C)c2c1C(O)C(N)CS2. The van der Waals surface area contributed by atoms with Gasteiger partial charge in [0.1, 0.15) is 0 Å². The molecule has 0 saturated heterocycles. The van der Waals surface area contributed by atoms with Crippen LogP contribution in [0.15, 0.2) is 11.2 Å². The summed E-state index contributed by atoms with van der Waals surface area (Å²) in [6, 6.07) is -0.126. The van der Waals surface area contributed by atoms with Gasteiger partial charge in [0.15, 0.2) is 0 Å². The first-order chi connectivity index (χ1) is 6.11. The molecule has 0 spiro atoms. The van der Waals surface area contributed by atoms with Crippen LogP contribution in [0.5, 0.6) is 0 Å². The molecular formula is C9H14N2OS. The fraction of sp³-hybridized carbons (Fsp3) is 0.556. The normalized spacial score (nSPS) is 27.4. The van der Waals surface area contributed by atoms with Crippen molar-refractivity contribution in [2.24, 2.45) is 12.8 Å². The number of aryl methyl sites for hydroxylation is 2. The van der Waals surface area contributed by atoms with E-state index in [4.69, 9.17) is 5.73 Å². The molecule has 0 aliphatic carbocycles. The molecule has 3 nitrogen and oxygen atoms in total. The molecule has 0 bridgehead atoms. The van der Waals surface area contributed by atoms with Crippen molar-refractivity contribution in [2.45, 2.75) is 24.1 Å². The van der Waals surface area contributed by atoms with Crippen LogP contribution < -0.4 is 5.73 Å². The Bertz CT molecular complexity index is 335. The molecule has 4 heteroatoms. The monoisotopic (exact) mass is 198 g/mol. The lowest BCUT2D eigenvalue weighted by Gasteiger charge is -2.25. The number of hydrogen-bond acceptors (Lipinski definition) is 3. The highest BCUT2D eigenvalue weighted by molar-refractivity contribution is 7.99. The van der Waals surface area contributed by atoms with E-state index < -0.39 is 6.10 Å². The number of thioether (sulfide) groups is 1. The molecule has 2 unspecified atom stereocenters. The van der Waals surface area contributed by atoms with Crippen LogP contribution >= 0.6 is 11.8 Å². The van der Waals surface area contributed by atoms with Crippen LogP contribution in [0.25, 0.3) is 0 Å². The number of aliphatic hydroxyl groups is 1. The summed E-state index contributed by atoms with van der Waals surface area (Å²) in [7, 11) is 2.00.